The Bertz CT molecular complexity index is 888. The van der Waals surface area contributed by atoms with Crippen molar-refractivity contribution in [3.05, 3.63) is 28.2 Å². The molecule has 21 heavy (non-hydrogen) atoms. The maximum Gasteiger partial charge on any atom is 0.453 e. The smallest absolute Gasteiger partial charge is 0.383 e. The lowest BCUT2D eigenvalue weighted by Crippen LogP contribution is -2.08. The van der Waals surface area contributed by atoms with Crippen LogP contribution in [0.4, 0.5) is 24.7 Å². The molecule has 3 rings (SSSR count). The molecule has 0 amide bonds. The highest BCUT2D eigenvalue weighted by atomic mass is 19.4. The minimum Gasteiger partial charge on any atom is -0.383 e. The predicted octanol–water partition coefficient (Wildman–Crippen LogP) is 1.18. The fourth-order valence-electron chi connectivity index (χ4n) is 1.69. The summed E-state index contributed by atoms with van der Waals surface area (Å²) in [5, 5.41) is 13.9. The van der Waals surface area contributed by atoms with Gasteiger partial charge in [0, 0.05) is 6.07 Å². The minimum absolute atomic E-state index is 0.00956. The van der Waals surface area contributed by atoms with Crippen LogP contribution in [0.5, 0.6) is 0 Å². The lowest BCUT2D eigenvalue weighted by molar-refractivity contribution is -0.385. The van der Waals surface area contributed by atoms with Gasteiger partial charge in [-0.1, -0.05) is 0 Å². The number of nitrogens with two attached hydrogens (primary N) is 1. The van der Waals surface area contributed by atoms with Crippen LogP contribution in [0.3, 0.4) is 0 Å². The van der Waals surface area contributed by atoms with Crippen LogP contribution >= 0.6 is 0 Å². The van der Waals surface area contributed by atoms with E-state index >= 15 is 0 Å². The van der Waals surface area contributed by atoms with Crippen molar-refractivity contribution >= 4 is 28.3 Å². The summed E-state index contributed by atoms with van der Waals surface area (Å²) in [5.74, 6) is -2.07. The summed E-state index contributed by atoms with van der Waals surface area (Å²) in [4.78, 5) is 20.6. The van der Waals surface area contributed by atoms with Gasteiger partial charge in [0.2, 0.25) is 0 Å². The topological polar surface area (TPSA) is 125 Å². The van der Waals surface area contributed by atoms with E-state index < -0.39 is 22.7 Å². The Labute approximate surface area is 112 Å². The first-order chi connectivity index (χ1) is 9.77. The standard InChI is InChI=1S/C9H4F3N7O2/c10-9(11,12)7-16-8-15-6-4(5(13)18(8)17-7)1-3(2-14-6)19(20)21/h1-2H,13H2. The number of nitrogens with zero attached hydrogens (tertiary/aromatic N) is 6. The summed E-state index contributed by atoms with van der Waals surface area (Å²) in [6.07, 6.45) is -3.84. The summed E-state index contributed by atoms with van der Waals surface area (Å²) in [7, 11) is 0. The lowest BCUT2D eigenvalue weighted by Gasteiger charge is -2.02. The highest BCUT2D eigenvalue weighted by Crippen LogP contribution is 2.28. The molecule has 0 radical (unpaired) electrons. The van der Waals surface area contributed by atoms with Gasteiger partial charge < -0.3 is 5.73 Å². The molecule has 3 heterocycles. The Kier molecular flexibility index (Phi) is 2.45. The highest BCUT2D eigenvalue weighted by Gasteiger charge is 2.37. The van der Waals surface area contributed by atoms with E-state index in [1.807, 2.05) is 0 Å². The van der Waals surface area contributed by atoms with E-state index in [1.54, 1.807) is 0 Å². The predicted molar refractivity (Wildman–Crippen MR) is 62.2 cm³/mol. The molecule has 0 saturated carbocycles. The maximum absolute atomic E-state index is 12.6. The molecule has 0 unspecified atom stereocenters. The molecule has 0 aromatic carbocycles. The summed E-state index contributed by atoms with van der Waals surface area (Å²) < 4.78 is 38.4. The third-order valence-electron chi connectivity index (χ3n) is 2.62. The number of hydrogen-bond acceptors (Lipinski definition) is 7. The number of hydrogen-bond donors (Lipinski definition) is 1. The molecule has 0 spiro atoms. The number of pyridine rings is 1. The number of fused-ring (bicyclic) bond motifs is 2. The van der Waals surface area contributed by atoms with Gasteiger partial charge in [0.15, 0.2) is 5.65 Å². The van der Waals surface area contributed by atoms with Crippen molar-refractivity contribution < 1.29 is 18.1 Å². The van der Waals surface area contributed by atoms with Crippen molar-refractivity contribution in [3.63, 3.8) is 0 Å². The monoisotopic (exact) mass is 299 g/mol. The fourth-order valence-corrected chi connectivity index (χ4v) is 1.69. The van der Waals surface area contributed by atoms with Gasteiger partial charge in [0.1, 0.15) is 12.0 Å². The highest BCUT2D eigenvalue weighted by molar-refractivity contribution is 5.88. The van der Waals surface area contributed by atoms with Gasteiger partial charge in [-0.25, -0.2) is 4.98 Å². The van der Waals surface area contributed by atoms with Gasteiger partial charge in [0.25, 0.3) is 17.3 Å². The van der Waals surface area contributed by atoms with Crippen LogP contribution in [-0.2, 0) is 6.18 Å². The fraction of sp³-hybridized carbons (Fsp3) is 0.111. The molecule has 0 aliphatic rings. The molecule has 0 atom stereocenters. The van der Waals surface area contributed by atoms with Gasteiger partial charge >= 0.3 is 6.18 Å². The molecule has 9 nitrogen and oxygen atoms in total. The molecule has 2 N–H and O–H groups in total. The Morgan fingerprint density at radius 2 is 2.05 bits per heavy atom. The molecule has 0 saturated heterocycles. The average molecular weight is 299 g/mol. The Morgan fingerprint density at radius 1 is 1.33 bits per heavy atom. The van der Waals surface area contributed by atoms with Crippen molar-refractivity contribution in [2.24, 2.45) is 0 Å². The number of rotatable bonds is 1. The van der Waals surface area contributed by atoms with E-state index in [2.05, 4.69) is 20.1 Å². The molecule has 108 valence electrons. The molecular weight excluding hydrogens is 295 g/mol. The van der Waals surface area contributed by atoms with Gasteiger partial charge in [-0.3, -0.25) is 10.1 Å². The zero-order chi connectivity index (χ0) is 15.4. The zero-order valence-corrected chi connectivity index (χ0v) is 9.87. The Balaban J connectivity index is 2.35. The molecule has 3 aromatic heterocycles. The zero-order valence-electron chi connectivity index (χ0n) is 9.87. The summed E-state index contributed by atoms with van der Waals surface area (Å²) >= 11 is 0. The molecule has 3 aromatic rings. The van der Waals surface area contributed by atoms with E-state index in [0.717, 1.165) is 12.3 Å². The second kappa shape index (κ2) is 3.97. The van der Waals surface area contributed by atoms with Gasteiger partial charge in [-0.2, -0.15) is 27.7 Å². The molecule has 12 heteroatoms. The van der Waals surface area contributed by atoms with E-state index in [1.165, 1.54) is 0 Å². The van der Waals surface area contributed by atoms with E-state index in [-0.39, 0.29) is 22.5 Å². The first-order valence-electron chi connectivity index (χ1n) is 5.31. The van der Waals surface area contributed by atoms with Crippen molar-refractivity contribution in [1.82, 2.24) is 24.6 Å². The van der Waals surface area contributed by atoms with E-state index in [4.69, 9.17) is 5.73 Å². The molecule has 0 aliphatic heterocycles. The minimum atomic E-state index is -4.76. The number of aromatic nitrogens is 5. The van der Waals surface area contributed by atoms with Crippen LogP contribution in [0.1, 0.15) is 5.82 Å². The second-order valence-electron chi connectivity index (χ2n) is 3.96. The normalized spacial score (nSPS) is 12.1. The molecular formula is C9H4F3N7O2. The Morgan fingerprint density at radius 3 is 2.67 bits per heavy atom. The third kappa shape index (κ3) is 1.96. The second-order valence-corrected chi connectivity index (χ2v) is 3.96. The summed E-state index contributed by atoms with van der Waals surface area (Å²) in [5.41, 5.74) is 5.24. The van der Waals surface area contributed by atoms with Crippen molar-refractivity contribution in [2.75, 3.05) is 5.73 Å². The third-order valence-corrected chi connectivity index (χ3v) is 2.62. The average Bonchev–Trinajstić information content (AvgIpc) is 2.82. The number of alkyl halides is 3. The molecule has 0 bridgehead atoms. The molecule has 0 aliphatic carbocycles. The van der Waals surface area contributed by atoms with Crippen LogP contribution in [0.2, 0.25) is 0 Å². The van der Waals surface area contributed by atoms with Crippen LogP contribution in [0, 0.1) is 10.1 Å². The van der Waals surface area contributed by atoms with Gasteiger partial charge in [-0.05, 0) is 0 Å². The Hall–Kier alpha value is -3.05. The number of nitrogen functional groups attached to an aromatic ring is 1. The van der Waals surface area contributed by atoms with Gasteiger partial charge in [0.05, 0.1) is 10.3 Å². The van der Waals surface area contributed by atoms with E-state index in [0.29, 0.717) is 4.52 Å². The summed E-state index contributed by atoms with van der Waals surface area (Å²) in [6.45, 7) is 0. The summed E-state index contributed by atoms with van der Waals surface area (Å²) in [6, 6.07) is 1.05. The number of halogens is 3. The van der Waals surface area contributed by atoms with Gasteiger partial charge in [-0.15, -0.1) is 5.10 Å². The largest absolute Gasteiger partial charge is 0.453 e. The molecule has 0 fully saturated rings. The number of anilines is 1. The lowest BCUT2D eigenvalue weighted by atomic mass is 10.3. The number of nitro groups is 1. The SMILES string of the molecule is Nc1c2cc([N+](=O)[O-])cnc2nc2nc(C(F)(F)F)nn12. The first-order valence-corrected chi connectivity index (χ1v) is 5.31. The van der Waals surface area contributed by atoms with Crippen molar-refractivity contribution in [3.8, 4) is 0 Å². The van der Waals surface area contributed by atoms with E-state index in [9.17, 15) is 23.3 Å². The van der Waals surface area contributed by atoms with Crippen molar-refractivity contribution in [1.29, 1.82) is 0 Å². The van der Waals surface area contributed by atoms with Crippen LogP contribution in [-0.4, -0.2) is 29.5 Å². The maximum atomic E-state index is 12.6. The quantitative estimate of drug-likeness (QED) is 0.528. The first kappa shape index (κ1) is 13.0. The van der Waals surface area contributed by atoms with Crippen molar-refractivity contribution in [2.45, 2.75) is 6.18 Å². The van der Waals surface area contributed by atoms with Crippen LogP contribution < -0.4 is 5.73 Å². The van der Waals surface area contributed by atoms with Crippen LogP contribution in [0.15, 0.2) is 12.3 Å². The van der Waals surface area contributed by atoms with Crippen LogP contribution in [0.25, 0.3) is 16.8 Å².